The lowest BCUT2D eigenvalue weighted by Crippen LogP contribution is -2.48. The van der Waals surface area contributed by atoms with Crippen LogP contribution in [0.25, 0.3) is 11.3 Å². The van der Waals surface area contributed by atoms with Gasteiger partial charge in [0, 0.05) is 57.4 Å². The van der Waals surface area contributed by atoms with Gasteiger partial charge in [0.1, 0.15) is 5.82 Å². The van der Waals surface area contributed by atoms with E-state index in [1.54, 1.807) is 34.9 Å². The number of hydrogen-bond donors (Lipinski definition) is 0. The Kier molecular flexibility index (Phi) is 7.39. The molecular weight excluding hydrogens is 445 g/mol. The van der Waals surface area contributed by atoms with Crippen LogP contribution in [0.1, 0.15) is 36.7 Å². The van der Waals surface area contributed by atoms with Gasteiger partial charge in [0.15, 0.2) is 0 Å². The van der Waals surface area contributed by atoms with Crippen LogP contribution in [-0.2, 0) is 11.3 Å². The molecule has 1 aromatic heterocycles. The van der Waals surface area contributed by atoms with Gasteiger partial charge in [-0.3, -0.25) is 9.59 Å². The van der Waals surface area contributed by atoms with Crippen LogP contribution in [0.5, 0.6) is 0 Å². The van der Waals surface area contributed by atoms with Gasteiger partial charge in [0.2, 0.25) is 11.9 Å². The Bertz CT molecular complexity index is 1190. The van der Waals surface area contributed by atoms with Gasteiger partial charge in [-0.1, -0.05) is 42.5 Å². The number of hydrogen-bond acceptors (Lipinski definition) is 5. The van der Waals surface area contributed by atoms with E-state index in [0.717, 1.165) is 5.56 Å². The number of anilines is 1. The Morgan fingerprint density at radius 2 is 1.66 bits per heavy atom. The molecule has 1 aliphatic rings. The van der Waals surface area contributed by atoms with Gasteiger partial charge in [0.05, 0.1) is 11.3 Å². The molecule has 2 aromatic carbocycles. The van der Waals surface area contributed by atoms with Gasteiger partial charge in [0.25, 0.3) is 5.91 Å². The maximum atomic E-state index is 14.9. The highest BCUT2D eigenvalue weighted by molar-refractivity contribution is 6.00. The first-order valence-electron chi connectivity index (χ1n) is 11.8. The van der Waals surface area contributed by atoms with Crippen molar-refractivity contribution in [2.24, 2.45) is 0 Å². The second-order valence-electron chi connectivity index (χ2n) is 8.92. The van der Waals surface area contributed by atoms with Gasteiger partial charge in [-0.25, -0.2) is 14.4 Å². The van der Waals surface area contributed by atoms with Crippen molar-refractivity contribution in [3.63, 3.8) is 0 Å². The molecule has 0 N–H and O–H groups in total. The molecule has 1 aliphatic heterocycles. The molecule has 1 fully saturated rings. The number of piperazine rings is 1. The monoisotopic (exact) mass is 475 g/mol. The minimum Gasteiger partial charge on any atom is -0.339 e. The Labute approximate surface area is 205 Å². The SMILES string of the molecule is CC(=O)N1CCN(c2ncc(C(=O)N(Cc3ccccc3)C(C)C)c(-c3ccccc3F)n2)CC1. The molecule has 8 heteroatoms. The van der Waals surface area contributed by atoms with E-state index in [-0.39, 0.29) is 34.7 Å². The number of aromatic nitrogens is 2. The molecule has 2 amide bonds. The molecule has 3 aromatic rings. The predicted octanol–water partition coefficient (Wildman–Crippen LogP) is 4.00. The van der Waals surface area contributed by atoms with Crippen molar-refractivity contribution in [3.05, 3.63) is 77.7 Å². The average molecular weight is 476 g/mol. The first-order valence-corrected chi connectivity index (χ1v) is 11.8. The minimum atomic E-state index is -0.452. The van der Waals surface area contributed by atoms with E-state index in [2.05, 4.69) is 4.98 Å². The summed E-state index contributed by atoms with van der Waals surface area (Å²) in [5.74, 6) is -0.255. The summed E-state index contributed by atoms with van der Waals surface area (Å²) in [4.78, 5) is 40.1. The molecule has 0 atom stereocenters. The van der Waals surface area contributed by atoms with Crippen LogP contribution >= 0.6 is 0 Å². The molecule has 35 heavy (non-hydrogen) atoms. The molecule has 0 radical (unpaired) electrons. The summed E-state index contributed by atoms with van der Waals surface area (Å²) in [5, 5.41) is 0. The van der Waals surface area contributed by atoms with Crippen LogP contribution < -0.4 is 4.90 Å². The van der Waals surface area contributed by atoms with Gasteiger partial charge in [-0.2, -0.15) is 0 Å². The van der Waals surface area contributed by atoms with E-state index in [4.69, 9.17) is 4.98 Å². The van der Waals surface area contributed by atoms with Gasteiger partial charge in [-0.05, 0) is 31.5 Å². The van der Waals surface area contributed by atoms with Crippen molar-refractivity contribution in [2.45, 2.75) is 33.4 Å². The van der Waals surface area contributed by atoms with Gasteiger partial charge < -0.3 is 14.7 Å². The Morgan fingerprint density at radius 3 is 2.29 bits per heavy atom. The molecular formula is C27H30FN5O2. The van der Waals surface area contributed by atoms with Crippen LogP contribution in [0.4, 0.5) is 10.3 Å². The Balaban J connectivity index is 1.71. The zero-order valence-electron chi connectivity index (χ0n) is 20.3. The fourth-order valence-electron chi connectivity index (χ4n) is 4.19. The van der Waals surface area contributed by atoms with Crippen LogP contribution in [-0.4, -0.2) is 63.8 Å². The molecule has 0 bridgehead atoms. The Hall–Kier alpha value is -3.81. The number of benzene rings is 2. The van der Waals surface area contributed by atoms with Crippen molar-refractivity contribution < 1.29 is 14.0 Å². The predicted molar refractivity (Wildman–Crippen MR) is 133 cm³/mol. The Morgan fingerprint density at radius 1 is 1.00 bits per heavy atom. The maximum absolute atomic E-state index is 14.9. The van der Waals surface area contributed by atoms with Crippen LogP contribution in [0.2, 0.25) is 0 Å². The summed E-state index contributed by atoms with van der Waals surface area (Å²) < 4.78 is 14.9. The normalized spacial score (nSPS) is 13.7. The fraction of sp³-hybridized carbons (Fsp3) is 0.333. The maximum Gasteiger partial charge on any atom is 0.258 e. The lowest BCUT2D eigenvalue weighted by molar-refractivity contribution is -0.129. The molecule has 4 rings (SSSR count). The number of amides is 2. The number of halogens is 1. The number of carbonyl (C=O) groups excluding carboxylic acids is 2. The van der Waals surface area contributed by atoms with Crippen molar-refractivity contribution >= 4 is 17.8 Å². The summed E-state index contributed by atoms with van der Waals surface area (Å²) >= 11 is 0. The minimum absolute atomic E-state index is 0.0331. The summed E-state index contributed by atoms with van der Waals surface area (Å²) in [5.41, 5.74) is 1.78. The van der Waals surface area contributed by atoms with E-state index in [1.165, 1.54) is 12.3 Å². The van der Waals surface area contributed by atoms with Crippen LogP contribution in [0.3, 0.4) is 0 Å². The number of nitrogens with zero attached hydrogens (tertiary/aromatic N) is 5. The smallest absolute Gasteiger partial charge is 0.258 e. The lowest BCUT2D eigenvalue weighted by atomic mass is 10.0. The fourth-order valence-corrected chi connectivity index (χ4v) is 4.19. The first-order chi connectivity index (χ1) is 16.8. The zero-order chi connectivity index (χ0) is 24.9. The molecule has 182 valence electrons. The third-order valence-corrected chi connectivity index (χ3v) is 6.22. The summed E-state index contributed by atoms with van der Waals surface area (Å²) in [6, 6.07) is 16.0. The van der Waals surface area contributed by atoms with E-state index in [1.807, 2.05) is 49.1 Å². The summed E-state index contributed by atoms with van der Waals surface area (Å²) in [7, 11) is 0. The molecule has 7 nitrogen and oxygen atoms in total. The van der Waals surface area contributed by atoms with Crippen molar-refractivity contribution in [2.75, 3.05) is 31.1 Å². The van der Waals surface area contributed by atoms with E-state index < -0.39 is 5.82 Å². The highest BCUT2D eigenvalue weighted by Gasteiger charge is 2.27. The van der Waals surface area contributed by atoms with Crippen LogP contribution in [0, 0.1) is 5.82 Å². The average Bonchev–Trinajstić information content (AvgIpc) is 2.87. The molecule has 0 aliphatic carbocycles. The van der Waals surface area contributed by atoms with E-state index in [0.29, 0.717) is 38.7 Å². The van der Waals surface area contributed by atoms with E-state index in [9.17, 15) is 14.0 Å². The van der Waals surface area contributed by atoms with Crippen LogP contribution in [0.15, 0.2) is 60.8 Å². The summed E-state index contributed by atoms with van der Waals surface area (Å²) in [6.45, 7) is 8.13. The highest BCUT2D eigenvalue weighted by Crippen LogP contribution is 2.28. The number of carbonyl (C=O) groups is 2. The first kappa shape index (κ1) is 24.3. The quantitative estimate of drug-likeness (QED) is 0.539. The molecule has 0 unspecified atom stereocenters. The third-order valence-electron chi connectivity index (χ3n) is 6.22. The second-order valence-corrected chi connectivity index (χ2v) is 8.92. The third kappa shape index (κ3) is 5.48. The van der Waals surface area contributed by atoms with Gasteiger partial charge in [-0.15, -0.1) is 0 Å². The largest absolute Gasteiger partial charge is 0.339 e. The van der Waals surface area contributed by atoms with Crippen molar-refractivity contribution in [1.29, 1.82) is 0 Å². The molecule has 0 saturated carbocycles. The molecule has 2 heterocycles. The van der Waals surface area contributed by atoms with Gasteiger partial charge >= 0.3 is 0 Å². The second kappa shape index (κ2) is 10.6. The van der Waals surface area contributed by atoms with Crippen molar-refractivity contribution in [1.82, 2.24) is 19.8 Å². The zero-order valence-corrected chi connectivity index (χ0v) is 20.3. The lowest BCUT2D eigenvalue weighted by Gasteiger charge is -2.34. The van der Waals surface area contributed by atoms with Crippen molar-refractivity contribution in [3.8, 4) is 11.3 Å². The number of rotatable bonds is 6. The van der Waals surface area contributed by atoms with E-state index >= 15 is 0 Å². The molecule has 0 spiro atoms. The standard InChI is InChI=1S/C27H30FN5O2/c1-19(2)33(18-21-9-5-4-6-10-21)26(35)23-17-29-27(32-15-13-31(14-16-32)20(3)34)30-25(23)22-11-7-8-12-24(22)28/h4-12,17,19H,13-16,18H2,1-3H3. The summed E-state index contributed by atoms with van der Waals surface area (Å²) in [6.07, 6.45) is 1.50. The highest BCUT2D eigenvalue weighted by atomic mass is 19.1. The molecule has 1 saturated heterocycles. The topological polar surface area (TPSA) is 69.6 Å².